The number of carbonyl (C=O) groups is 1. The van der Waals surface area contributed by atoms with Crippen LogP contribution in [-0.4, -0.2) is 24.0 Å². The van der Waals surface area contributed by atoms with Crippen LogP contribution in [0.15, 0.2) is 109 Å². The van der Waals surface area contributed by atoms with Gasteiger partial charge in [-0.15, -0.1) is 0 Å². The van der Waals surface area contributed by atoms with Crippen LogP contribution in [0.5, 0.6) is 0 Å². The molecule has 0 bridgehead atoms. The first-order valence-corrected chi connectivity index (χ1v) is 12.9. The van der Waals surface area contributed by atoms with Gasteiger partial charge in [-0.2, -0.15) is 0 Å². The number of nitrogens with two attached hydrogens (primary N) is 2. The molecule has 38 heavy (non-hydrogen) atoms. The Morgan fingerprint density at radius 1 is 0.868 bits per heavy atom. The van der Waals surface area contributed by atoms with Crippen molar-refractivity contribution in [2.75, 3.05) is 18.0 Å². The Bertz CT molecular complexity index is 1410. The molecule has 1 amide bonds. The Balaban J connectivity index is 1.57. The van der Waals surface area contributed by atoms with Crippen molar-refractivity contribution in [1.29, 1.82) is 0 Å². The molecule has 192 valence electrons. The second-order valence-corrected chi connectivity index (χ2v) is 9.75. The van der Waals surface area contributed by atoms with Gasteiger partial charge in [0.2, 0.25) is 0 Å². The summed E-state index contributed by atoms with van der Waals surface area (Å²) in [6.45, 7) is 2.98. The molecule has 1 aliphatic rings. The number of hydrogen-bond donors (Lipinski definition) is 3. The van der Waals surface area contributed by atoms with Crippen LogP contribution < -0.4 is 21.8 Å². The molecule has 1 aliphatic heterocycles. The Morgan fingerprint density at radius 2 is 1.47 bits per heavy atom. The van der Waals surface area contributed by atoms with Crippen LogP contribution in [0.1, 0.15) is 40.0 Å². The van der Waals surface area contributed by atoms with E-state index >= 15 is 0 Å². The van der Waals surface area contributed by atoms with Crippen LogP contribution in [0.2, 0.25) is 5.02 Å². The first-order chi connectivity index (χ1) is 18.4. The number of nitrogens with one attached hydrogen (secondary N) is 1. The molecule has 0 aliphatic carbocycles. The van der Waals surface area contributed by atoms with Gasteiger partial charge in [0, 0.05) is 34.1 Å². The minimum atomic E-state index is -0.294. The highest BCUT2D eigenvalue weighted by atomic mass is 35.5. The topological polar surface area (TPSA) is 87.6 Å². The van der Waals surface area contributed by atoms with Gasteiger partial charge in [-0.3, -0.25) is 4.79 Å². The van der Waals surface area contributed by atoms with Crippen LogP contribution in [0.4, 0.5) is 11.4 Å². The third kappa shape index (κ3) is 5.23. The number of rotatable bonds is 5. The van der Waals surface area contributed by atoms with Crippen molar-refractivity contribution in [1.82, 2.24) is 10.3 Å². The van der Waals surface area contributed by atoms with Crippen molar-refractivity contribution in [3.63, 3.8) is 0 Å². The average molecular weight is 524 g/mol. The van der Waals surface area contributed by atoms with Crippen molar-refractivity contribution in [2.24, 2.45) is 11.6 Å². The van der Waals surface area contributed by atoms with Gasteiger partial charge < -0.3 is 21.0 Å². The fraction of sp³-hybridized carbons (Fsp3) is 0.129. The molecular weight excluding hydrogens is 494 g/mol. The standard InChI is InChI=1S/C31H30ClN5O/c1-21(33)30-27-17-12-24(20-28(27)36(18-19-37(30)34)26-15-13-25(32)14-16-26)31(38)35-29(22-8-4-2-5-9-22)23-10-6-3-7-11-23/h2-17,20,29H,18-19,33-34H2,1H3,(H,35,38)/b30-21-. The van der Waals surface area contributed by atoms with Crippen LogP contribution in [0.25, 0.3) is 5.70 Å². The fourth-order valence-corrected chi connectivity index (χ4v) is 5.01. The predicted octanol–water partition coefficient (Wildman–Crippen LogP) is 5.83. The highest BCUT2D eigenvalue weighted by Gasteiger charge is 2.26. The van der Waals surface area contributed by atoms with E-state index in [1.165, 1.54) is 0 Å². The van der Waals surface area contributed by atoms with Gasteiger partial charge in [0.05, 0.1) is 24.0 Å². The zero-order valence-corrected chi connectivity index (χ0v) is 21.9. The third-order valence-corrected chi connectivity index (χ3v) is 6.96. The molecule has 0 atom stereocenters. The van der Waals surface area contributed by atoms with Crippen LogP contribution >= 0.6 is 11.6 Å². The lowest BCUT2D eigenvalue weighted by Gasteiger charge is -2.26. The van der Waals surface area contributed by atoms with E-state index in [4.69, 9.17) is 23.2 Å². The quantitative estimate of drug-likeness (QED) is 0.286. The first kappa shape index (κ1) is 25.4. The second kappa shape index (κ2) is 11.0. The number of anilines is 2. The molecule has 4 aromatic carbocycles. The molecule has 5 N–H and O–H groups in total. The van der Waals surface area contributed by atoms with E-state index in [0.29, 0.717) is 29.4 Å². The third-order valence-electron chi connectivity index (χ3n) is 6.71. The van der Waals surface area contributed by atoms with Crippen molar-refractivity contribution in [2.45, 2.75) is 13.0 Å². The molecule has 0 saturated heterocycles. The average Bonchev–Trinajstić information content (AvgIpc) is 3.08. The van der Waals surface area contributed by atoms with Crippen molar-refractivity contribution >= 4 is 34.6 Å². The van der Waals surface area contributed by atoms with Gasteiger partial charge in [-0.05, 0) is 60.5 Å². The summed E-state index contributed by atoms with van der Waals surface area (Å²) in [7, 11) is 0. The van der Waals surface area contributed by atoms with Gasteiger partial charge in [0.25, 0.3) is 5.91 Å². The summed E-state index contributed by atoms with van der Waals surface area (Å²) in [5, 5.41) is 5.57. The summed E-state index contributed by atoms with van der Waals surface area (Å²) in [5.41, 5.74) is 12.8. The maximum atomic E-state index is 13.7. The number of fused-ring (bicyclic) bond motifs is 1. The van der Waals surface area contributed by atoms with Gasteiger partial charge in [-0.1, -0.05) is 72.3 Å². The summed E-state index contributed by atoms with van der Waals surface area (Å²) in [4.78, 5) is 15.9. The Labute approximate surface area is 228 Å². The van der Waals surface area contributed by atoms with Gasteiger partial charge in [-0.25, -0.2) is 5.84 Å². The van der Waals surface area contributed by atoms with E-state index in [9.17, 15) is 4.79 Å². The molecule has 0 saturated carbocycles. The minimum absolute atomic E-state index is 0.176. The molecule has 5 rings (SSSR count). The molecule has 7 heteroatoms. The lowest BCUT2D eigenvalue weighted by molar-refractivity contribution is 0.0943. The van der Waals surface area contributed by atoms with E-state index in [0.717, 1.165) is 33.8 Å². The molecule has 0 spiro atoms. The van der Waals surface area contributed by atoms with E-state index < -0.39 is 0 Å². The summed E-state index contributed by atoms with van der Waals surface area (Å²) in [6, 6.07) is 32.9. The van der Waals surface area contributed by atoms with Crippen molar-refractivity contribution in [3.05, 3.63) is 136 Å². The zero-order chi connectivity index (χ0) is 26.6. The lowest BCUT2D eigenvalue weighted by atomic mass is 9.97. The van der Waals surface area contributed by atoms with E-state index in [1.54, 1.807) is 5.01 Å². The Morgan fingerprint density at radius 3 is 2.05 bits per heavy atom. The number of nitrogens with zero attached hydrogens (tertiary/aromatic N) is 2. The number of amides is 1. The highest BCUT2D eigenvalue weighted by Crippen LogP contribution is 2.37. The maximum absolute atomic E-state index is 13.7. The molecule has 1 heterocycles. The van der Waals surface area contributed by atoms with Gasteiger partial charge in [0.15, 0.2) is 0 Å². The summed E-state index contributed by atoms with van der Waals surface area (Å²) in [5.74, 6) is 6.24. The van der Waals surface area contributed by atoms with E-state index in [1.807, 2.05) is 110 Å². The first-order valence-electron chi connectivity index (χ1n) is 12.5. The highest BCUT2D eigenvalue weighted by molar-refractivity contribution is 6.30. The van der Waals surface area contributed by atoms with Crippen LogP contribution in [-0.2, 0) is 0 Å². The maximum Gasteiger partial charge on any atom is 0.252 e. The SMILES string of the molecule is C/C(N)=C1\c2ccc(C(=O)NC(c3ccccc3)c3ccccc3)cc2N(c2ccc(Cl)cc2)CCN1N. The fourth-order valence-electron chi connectivity index (χ4n) is 4.88. The summed E-state index contributed by atoms with van der Waals surface area (Å²) in [6.07, 6.45) is 0. The second-order valence-electron chi connectivity index (χ2n) is 9.31. The molecule has 0 aromatic heterocycles. The number of hydrogen-bond acceptors (Lipinski definition) is 5. The normalized spacial score (nSPS) is 14.6. The molecule has 0 fully saturated rings. The molecule has 6 nitrogen and oxygen atoms in total. The smallest absolute Gasteiger partial charge is 0.252 e. The lowest BCUT2D eigenvalue weighted by Crippen LogP contribution is -2.34. The number of carbonyl (C=O) groups excluding carboxylic acids is 1. The number of allylic oxidation sites excluding steroid dienone is 1. The van der Waals surface area contributed by atoms with Crippen LogP contribution in [0, 0.1) is 0 Å². The van der Waals surface area contributed by atoms with E-state index in [-0.39, 0.29) is 11.9 Å². The summed E-state index contributed by atoms with van der Waals surface area (Å²) >= 11 is 6.16. The number of hydrazine groups is 1. The van der Waals surface area contributed by atoms with E-state index in [2.05, 4.69) is 10.2 Å². The molecular formula is C31H30ClN5O. The molecule has 4 aromatic rings. The van der Waals surface area contributed by atoms with Gasteiger partial charge >= 0.3 is 0 Å². The summed E-state index contributed by atoms with van der Waals surface area (Å²) < 4.78 is 0. The Hall–Kier alpha value is -4.26. The number of benzene rings is 4. The molecule has 0 unspecified atom stereocenters. The number of halogens is 1. The van der Waals surface area contributed by atoms with Crippen LogP contribution in [0.3, 0.4) is 0 Å². The Kier molecular flexibility index (Phi) is 7.36. The zero-order valence-electron chi connectivity index (χ0n) is 21.1. The van der Waals surface area contributed by atoms with Gasteiger partial charge in [0.1, 0.15) is 0 Å². The van der Waals surface area contributed by atoms with Crippen molar-refractivity contribution < 1.29 is 4.79 Å². The monoisotopic (exact) mass is 523 g/mol. The van der Waals surface area contributed by atoms with Crippen molar-refractivity contribution in [3.8, 4) is 0 Å². The predicted molar refractivity (Wildman–Crippen MR) is 155 cm³/mol. The minimum Gasteiger partial charge on any atom is -0.401 e. The largest absolute Gasteiger partial charge is 0.401 e. The molecule has 0 radical (unpaired) electrons.